The maximum absolute atomic E-state index is 12.6. The average molecular weight is 376 g/mol. The number of aliphatic carboxylic acids is 2. The fourth-order valence-electron chi connectivity index (χ4n) is 2.24. The SMILES string of the molecule is Cc1ccc(C(=O)OC(C#CC(=O)O)(C#CC(=O)O)c2ccc(C)cc2)cc1. The van der Waals surface area contributed by atoms with E-state index in [1.54, 1.807) is 36.4 Å². The summed E-state index contributed by atoms with van der Waals surface area (Å²) < 4.78 is 5.48. The Kier molecular flexibility index (Phi) is 6.21. The molecular weight excluding hydrogens is 360 g/mol. The smallest absolute Gasteiger partial charge is 0.382 e. The van der Waals surface area contributed by atoms with Crippen LogP contribution in [0.5, 0.6) is 0 Å². The number of carbonyl (C=O) groups is 3. The zero-order valence-corrected chi connectivity index (χ0v) is 15.1. The number of hydrogen-bond donors (Lipinski definition) is 2. The normalized spacial score (nSPS) is 9.93. The third-order valence-corrected chi connectivity index (χ3v) is 3.68. The van der Waals surface area contributed by atoms with Gasteiger partial charge in [-0.05, 0) is 37.8 Å². The van der Waals surface area contributed by atoms with Gasteiger partial charge in [-0.15, -0.1) is 0 Å². The molecule has 0 heterocycles. The van der Waals surface area contributed by atoms with Gasteiger partial charge < -0.3 is 14.9 Å². The molecule has 0 aromatic heterocycles. The van der Waals surface area contributed by atoms with Crippen LogP contribution in [0.1, 0.15) is 27.0 Å². The van der Waals surface area contributed by atoms with E-state index >= 15 is 0 Å². The molecule has 140 valence electrons. The van der Waals surface area contributed by atoms with Crippen LogP contribution in [-0.2, 0) is 19.9 Å². The molecule has 0 aliphatic carbocycles. The van der Waals surface area contributed by atoms with Crippen LogP contribution >= 0.6 is 0 Å². The van der Waals surface area contributed by atoms with Gasteiger partial charge >= 0.3 is 17.9 Å². The van der Waals surface area contributed by atoms with E-state index in [-0.39, 0.29) is 11.1 Å². The van der Waals surface area contributed by atoms with Crippen molar-refractivity contribution in [3.05, 3.63) is 70.8 Å². The first-order chi connectivity index (χ1) is 13.2. The summed E-state index contributed by atoms with van der Waals surface area (Å²) in [5.41, 5.74) is 0.182. The third kappa shape index (κ3) is 5.23. The minimum atomic E-state index is -2.06. The summed E-state index contributed by atoms with van der Waals surface area (Å²) in [6.07, 6.45) is 0. The van der Waals surface area contributed by atoms with Crippen molar-refractivity contribution in [2.24, 2.45) is 0 Å². The molecule has 0 saturated carbocycles. The maximum atomic E-state index is 12.6. The van der Waals surface area contributed by atoms with Gasteiger partial charge in [-0.3, -0.25) is 0 Å². The van der Waals surface area contributed by atoms with Gasteiger partial charge in [0, 0.05) is 17.4 Å². The molecule has 0 spiro atoms. The fraction of sp³-hybridized carbons (Fsp3) is 0.136. The Bertz CT molecular complexity index is 993. The van der Waals surface area contributed by atoms with Crippen LogP contribution < -0.4 is 0 Å². The summed E-state index contributed by atoms with van der Waals surface area (Å²) in [4.78, 5) is 34.6. The first-order valence-electron chi connectivity index (χ1n) is 8.11. The summed E-state index contributed by atoms with van der Waals surface area (Å²) in [7, 11) is 0. The molecule has 2 aromatic rings. The number of ether oxygens (including phenoxy) is 1. The van der Waals surface area contributed by atoms with Crippen molar-refractivity contribution in [2.45, 2.75) is 19.4 Å². The molecule has 0 bridgehead atoms. The molecule has 0 aliphatic rings. The highest BCUT2D eigenvalue weighted by Gasteiger charge is 2.34. The molecule has 6 heteroatoms. The lowest BCUT2D eigenvalue weighted by atomic mass is 9.93. The number of carbonyl (C=O) groups excluding carboxylic acids is 1. The Labute approximate surface area is 161 Å². The minimum Gasteiger partial charge on any atom is -0.472 e. The Hall–Kier alpha value is -4.03. The van der Waals surface area contributed by atoms with Gasteiger partial charge in [0.1, 0.15) is 0 Å². The Morgan fingerprint density at radius 3 is 1.64 bits per heavy atom. The Balaban J connectivity index is 2.62. The van der Waals surface area contributed by atoms with E-state index in [1.165, 1.54) is 12.1 Å². The number of benzene rings is 2. The summed E-state index contributed by atoms with van der Waals surface area (Å²) >= 11 is 0. The van der Waals surface area contributed by atoms with Gasteiger partial charge in [0.05, 0.1) is 5.56 Å². The van der Waals surface area contributed by atoms with Crippen LogP contribution in [0.4, 0.5) is 0 Å². The van der Waals surface area contributed by atoms with Crippen molar-refractivity contribution in [2.75, 3.05) is 0 Å². The van der Waals surface area contributed by atoms with Gasteiger partial charge in [0.25, 0.3) is 5.60 Å². The molecule has 0 aliphatic heterocycles. The Morgan fingerprint density at radius 1 is 0.786 bits per heavy atom. The van der Waals surface area contributed by atoms with E-state index in [1.807, 2.05) is 25.7 Å². The number of hydrogen-bond acceptors (Lipinski definition) is 4. The second-order valence-electron chi connectivity index (χ2n) is 5.91. The van der Waals surface area contributed by atoms with E-state index < -0.39 is 23.5 Å². The zero-order chi connectivity index (χ0) is 20.7. The number of aryl methyl sites for hydroxylation is 2. The highest BCUT2D eigenvalue weighted by molar-refractivity contribution is 5.92. The average Bonchev–Trinajstić information content (AvgIpc) is 2.65. The molecule has 2 rings (SSSR count). The van der Waals surface area contributed by atoms with Crippen LogP contribution in [0.25, 0.3) is 0 Å². The van der Waals surface area contributed by atoms with Gasteiger partial charge in [0.15, 0.2) is 0 Å². The summed E-state index contributed by atoms with van der Waals surface area (Å²) in [5.74, 6) is 4.62. The van der Waals surface area contributed by atoms with Crippen LogP contribution in [0.2, 0.25) is 0 Å². The van der Waals surface area contributed by atoms with Crippen molar-refractivity contribution in [3.8, 4) is 23.7 Å². The first kappa shape index (κ1) is 20.3. The van der Waals surface area contributed by atoms with Crippen molar-refractivity contribution in [3.63, 3.8) is 0 Å². The standard InChI is InChI=1S/C22H16O6/c1-15-3-7-17(8-4-15)21(27)28-22(13-11-19(23)24,14-12-20(25)26)18-9-5-16(2)6-10-18/h3-10H,1-2H3,(H,23,24)(H,25,26). The summed E-state index contributed by atoms with van der Waals surface area (Å²) in [5, 5.41) is 17.9. The number of rotatable bonds is 3. The largest absolute Gasteiger partial charge is 0.472 e. The lowest BCUT2D eigenvalue weighted by Gasteiger charge is -2.23. The Morgan fingerprint density at radius 2 is 1.21 bits per heavy atom. The highest BCUT2D eigenvalue weighted by atomic mass is 16.6. The third-order valence-electron chi connectivity index (χ3n) is 3.68. The lowest BCUT2D eigenvalue weighted by molar-refractivity contribution is -0.131. The summed E-state index contributed by atoms with van der Waals surface area (Å²) in [6, 6.07) is 12.9. The number of carboxylic acids is 2. The predicted molar refractivity (Wildman–Crippen MR) is 100 cm³/mol. The first-order valence-corrected chi connectivity index (χ1v) is 8.11. The highest BCUT2D eigenvalue weighted by Crippen LogP contribution is 2.27. The van der Waals surface area contributed by atoms with Crippen LogP contribution in [0.15, 0.2) is 48.5 Å². The quantitative estimate of drug-likeness (QED) is 0.631. The van der Waals surface area contributed by atoms with Gasteiger partial charge in [-0.25, -0.2) is 14.4 Å². The molecule has 6 nitrogen and oxygen atoms in total. The van der Waals surface area contributed by atoms with Crippen LogP contribution in [-0.4, -0.2) is 28.1 Å². The minimum absolute atomic E-state index is 0.191. The molecular formula is C22H16O6. The number of carboxylic acid groups (broad SMARTS) is 2. The van der Waals surface area contributed by atoms with Crippen LogP contribution in [0, 0.1) is 37.5 Å². The van der Waals surface area contributed by atoms with Gasteiger partial charge in [-0.1, -0.05) is 47.5 Å². The maximum Gasteiger partial charge on any atom is 0.382 e. The molecule has 28 heavy (non-hydrogen) atoms. The lowest BCUT2D eigenvalue weighted by Crippen LogP contribution is -2.30. The zero-order valence-electron chi connectivity index (χ0n) is 15.1. The molecule has 0 fully saturated rings. The van der Waals surface area contributed by atoms with Crippen molar-refractivity contribution in [1.82, 2.24) is 0 Å². The molecule has 0 unspecified atom stereocenters. The summed E-state index contributed by atoms with van der Waals surface area (Å²) in [6.45, 7) is 3.68. The van der Waals surface area contributed by atoms with Crippen LogP contribution in [0.3, 0.4) is 0 Å². The monoisotopic (exact) mass is 376 g/mol. The molecule has 0 radical (unpaired) electrons. The van der Waals surface area contributed by atoms with Gasteiger partial charge in [0.2, 0.25) is 0 Å². The van der Waals surface area contributed by atoms with Crippen molar-refractivity contribution >= 4 is 17.9 Å². The second kappa shape index (κ2) is 8.57. The fourth-order valence-corrected chi connectivity index (χ4v) is 2.24. The molecule has 2 aromatic carbocycles. The number of esters is 1. The molecule has 0 atom stereocenters. The van der Waals surface area contributed by atoms with E-state index in [4.69, 9.17) is 14.9 Å². The van der Waals surface area contributed by atoms with E-state index in [9.17, 15) is 14.4 Å². The topological polar surface area (TPSA) is 101 Å². The van der Waals surface area contributed by atoms with E-state index in [0.717, 1.165) is 11.1 Å². The predicted octanol–water partition coefficient (Wildman–Crippen LogP) is 2.53. The van der Waals surface area contributed by atoms with Crippen molar-refractivity contribution in [1.29, 1.82) is 0 Å². The molecule has 2 N–H and O–H groups in total. The van der Waals surface area contributed by atoms with Gasteiger partial charge in [-0.2, -0.15) is 0 Å². The van der Waals surface area contributed by atoms with E-state index in [2.05, 4.69) is 11.8 Å². The van der Waals surface area contributed by atoms with E-state index in [0.29, 0.717) is 0 Å². The molecule has 0 amide bonds. The second-order valence-corrected chi connectivity index (χ2v) is 5.91. The molecule has 0 saturated heterocycles. The van der Waals surface area contributed by atoms with Crippen molar-refractivity contribution < 1.29 is 29.3 Å².